The fourth-order valence-corrected chi connectivity index (χ4v) is 1.83. The summed E-state index contributed by atoms with van der Waals surface area (Å²) in [5.74, 6) is -0.647. The van der Waals surface area contributed by atoms with E-state index in [1.165, 1.54) is 6.07 Å². The fraction of sp³-hybridized carbons (Fsp3) is 0.250. The van der Waals surface area contributed by atoms with E-state index in [0.717, 1.165) is 25.0 Å². The van der Waals surface area contributed by atoms with Gasteiger partial charge in [0.15, 0.2) is 0 Å². The molecule has 2 aromatic rings. The van der Waals surface area contributed by atoms with Crippen molar-refractivity contribution in [3.05, 3.63) is 45.8 Å². The zero-order valence-electron chi connectivity index (χ0n) is 10.7. The molecular weight excluding hydrogens is 281 g/mol. The summed E-state index contributed by atoms with van der Waals surface area (Å²) in [5.41, 5.74) is -0.604. The molecule has 1 saturated carbocycles. The topological polar surface area (TPSA) is 114 Å². The number of halogens is 1. The monoisotopic (exact) mass is 291 g/mol. The van der Waals surface area contributed by atoms with Crippen LogP contribution in [0.4, 0.5) is 15.8 Å². The summed E-state index contributed by atoms with van der Waals surface area (Å²) in [6, 6.07) is 3.09. The number of nitro groups is 1. The lowest BCUT2D eigenvalue weighted by atomic mass is 10.2. The normalized spacial score (nSPS) is 14.0. The Morgan fingerprint density at radius 2 is 2.24 bits per heavy atom. The lowest BCUT2D eigenvalue weighted by Gasteiger charge is -2.02. The van der Waals surface area contributed by atoms with Gasteiger partial charge in [0.2, 0.25) is 11.6 Å². The van der Waals surface area contributed by atoms with E-state index in [1.54, 1.807) is 0 Å². The van der Waals surface area contributed by atoms with Crippen molar-refractivity contribution in [3.63, 3.8) is 0 Å². The van der Waals surface area contributed by atoms with Gasteiger partial charge in [0.25, 0.3) is 5.91 Å². The molecule has 1 aromatic carbocycles. The van der Waals surface area contributed by atoms with Gasteiger partial charge in [-0.1, -0.05) is 0 Å². The van der Waals surface area contributed by atoms with Gasteiger partial charge >= 0.3 is 5.69 Å². The Hall–Kier alpha value is -2.84. The largest absolute Gasteiger partial charge is 0.319 e. The molecule has 0 aliphatic heterocycles. The number of H-pyrrole nitrogens is 1. The Morgan fingerprint density at radius 1 is 1.48 bits per heavy atom. The van der Waals surface area contributed by atoms with E-state index < -0.39 is 22.3 Å². The SMILES string of the molecule is O=C(Nc1ccc(F)c([N+](=O)[O-])c1)c1n[nH]c(C2CC2)n1. The molecule has 21 heavy (non-hydrogen) atoms. The fourth-order valence-electron chi connectivity index (χ4n) is 1.83. The van der Waals surface area contributed by atoms with Crippen LogP contribution >= 0.6 is 0 Å². The van der Waals surface area contributed by atoms with Gasteiger partial charge in [0.05, 0.1) is 4.92 Å². The van der Waals surface area contributed by atoms with Crippen molar-refractivity contribution >= 4 is 17.3 Å². The van der Waals surface area contributed by atoms with E-state index in [9.17, 15) is 19.3 Å². The second-order valence-electron chi connectivity index (χ2n) is 4.70. The number of hydrogen-bond acceptors (Lipinski definition) is 5. The van der Waals surface area contributed by atoms with Crippen LogP contribution in [0.1, 0.15) is 35.2 Å². The molecule has 0 unspecified atom stereocenters. The van der Waals surface area contributed by atoms with Gasteiger partial charge in [-0.2, -0.15) is 4.39 Å². The molecule has 108 valence electrons. The summed E-state index contributed by atoms with van der Waals surface area (Å²) in [4.78, 5) is 25.8. The summed E-state index contributed by atoms with van der Waals surface area (Å²) >= 11 is 0. The Labute approximate surface area is 117 Å². The summed E-state index contributed by atoms with van der Waals surface area (Å²) < 4.78 is 13.2. The van der Waals surface area contributed by atoms with E-state index in [4.69, 9.17) is 0 Å². The van der Waals surface area contributed by atoms with Crippen LogP contribution < -0.4 is 5.32 Å². The summed E-state index contributed by atoms with van der Waals surface area (Å²) in [7, 11) is 0. The first kappa shape index (κ1) is 13.2. The zero-order chi connectivity index (χ0) is 15.0. The van der Waals surface area contributed by atoms with Gasteiger partial charge in [-0.15, -0.1) is 5.10 Å². The molecule has 0 saturated heterocycles. The smallest absolute Gasteiger partial charge is 0.306 e. The predicted octanol–water partition coefficient (Wildman–Crippen LogP) is 1.98. The molecule has 9 heteroatoms. The lowest BCUT2D eigenvalue weighted by molar-refractivity contribution is -0.387. The maximum Gasteiger partial charge on any atom is 0.306 e. The first-order valence-corrected chi connectivity index (χ1v) is 6.22. The molecule has 1 aromatic heterocycles. The summed E-state index contributed by atoms with van der Waals surface area (Å²) in [6.45, 7) is 0. The number of carbonyl (C=O) groups excluding carboxylic acids is 1. The third-order valence-corrected chi connectivity index (χ3v) is 3.07. The highest BCUT2D eigenvalue weighted by atomic mass is 19.1. The minimum absolute atomic E-state index is 0.0520. The molecule has 1 aliphatic rings. The van der Waals surface area contributed by atoms with Crippen molar-refractivity contribution in [2.45, 2.75) is 18.8 Å². The predicted molar refractivity (Wildman–Crippen MR) is 69.4 cm³/mol. The Balaban J connectivity index is 1.77. The Morgan fingerprint density at radius 3 is 2.90 bits per heavy atom. The highest BCUT2D eigenvalue weighted by Gasteiger charge is 2.28. The number of carbonyl (C=O) groups is 1. The average molecular weight is 291 g/mol. The van der Waals surface area contributed by atoms with Gasteiger partial charge in [0.1, 0.15) is 5.82 Å². The minimum atomic E-state index is -0.966. The van der Waals surface area contributed by atoms with Crippen LogP contribution in [0.5, 0.6) is 0 Å². The van der Waals surface area contributed by atoms with Crippen LogP contribution in [-0.4, -0.2) is 26.0 Å². The molecule has 1 aliphatic carbocycles. The van der Waals surface area contributed by atoms with Gasteiger partial charge in [-0.3, -0.25) is 20.0 Å². The van der Waals surface area contributed by atoms with Gasteiger partial charge in [-0.25, -0.2) is 4.98 Å². The van der Waals surface area contributed by atoms with Crippen molar-refractivity contribution in [2.75, 3.05) is 5.32 Å². The van der Waals surface area contributed by atoms with E-state index in [1.807, 2.05) is 0 Å². The standard InChI is InChI=1S/C12H10FN5O3/c13-8-4-3-7(5-9(8)18(20)21)14-12(19)11-15-10(16-17-11)6-1-2-6/h3-6H,1-2H2,(H,14,19)(H,15,16,17). The molecule has 8 nitrogen and oxygen atoms in total. The molecule has 1 heterocycles. The molecule has 1 amide bonds. The minimum Gasteiger partial charge on any atom is -0.319 e. The van der Waals surface area contributed by atoms with Crippen LogP contribution in [0.15, 0.2) is 18.2 Å². The number of nitrogens with one attached hydrogen (secondary N) is 2. The Kier molecular flexibility index (Phi) is 3.09. The van der Waals surface area contributed by atoms with Crippen molar-refractivity contribution in [3.8, 4) is 0 Å². The molecule has 0 bridgehead atoms. The third-order valence-electron chi connectivity index (χ3n) is 3.07. The van der Waals surface area contributed by atoms with Crippen molar-refractivity contribution in [2.24, 2.45) is 0 Å². The van der Waals surface area contributed by atoms with Crippen LogP contribution in [0.3, 0.4) is 0 Å². The highest BCUT2D eigenvalue weighted by Crippen LogP contribution is 2.37. The number of hydrogen-bond donors (Lipinski definition) is 2. The van der Waals surface area contributed by atoms with Crippen molar-refractivity contribution < 1.29 is 14.1 Å². The van der Waals surface area contributed by atoms with Crippen molar-refractivity contribution in [1.82, 2.24) is 15.2 Å². The molecular formula is C12H10FN5O3. The number of aromatic nitrogens is 3. The zero-order valence-corrected chi connectivity index (χ0v) is 10.7. The molecule has 0 atom stereocenters. The van der Waals surface area contributed by atoms with Crippen LogP contribution in [0.2, 0.25) is 0 Å². The third kappa shape index (κ3) is 2.71. The molecule has 3 rings (SSSR count). The van der Waals surface area contributed by atoms with Gasteiger partial charge < -0.3 is 5.32 Å². The number of amides is 1. The first-order valence-electron chi connectivity index (χ1n) is 6.22. The maximum atomic E-state index is 13.2. The van der Waals surface area contributed by atoms with Crippen LogP contribution in [0, 0.1) is 15.9 Å². The quantitative estimate of drug-likeness (QED) is 0.660. The van der Waals surface area contributed by atoms with Crippen LogP contribution in [0.25, 0.3) is 0 Å². The van der Waals surface area contributed by atoms with E-state index in [-0.39, 0.29) is 11.5 Å². The average Bonchev–Trinajstić information content (AvgIpc) is 3.18. The summed E-state index contributed by atoms with van der Waals surface area (Å²) in [5, 5.41) is 19.5. The van der Waals surface area contributed by atoms with E-state index in [0.29, 0.717) is 11.7 Å². The number of aromatic amines is 1. The van der Waals surface area contributed by atoms with Crippen LogP contribution in [-0.2, 0) is 0 Å². The molecule has 2 N–H and O–H groups in total. The second kappa shape index (κ2) is 4.93. The highest BCUT2D eigenvalue weighted by molar-refractivity contribution is 6.01. The summed E-state index contributed by atoms with van der Waals surface area (Å²) in [6.07, 6.45) is 2.03. The van der Waals surface area contributed by atoms with Gasteiger partial charge in [-0.05, 0) is 25.0 Å². The number of nitro benzene ring substituents is 1. The maximum absolute atomic E-state index is 13.2. The number of nitrogens with zero attached hydrogens (tertiary/aromatic N) is 3. The van der Waals surface area contributed by atoms with E-state index in [2.05, 4.69) is 20.5 Å². The van der Waals surface area contributed by atoms with Gasteiger partial charge in [0, 0.05) is 17.7 Å². The number of rotatable bonds is 4. The molecule has 0 radical (unpaired) electrons. The number of anilines is 1. The first-order chi connectivity index (χ1) is 10.0. The second-order valence-corrected chi connectivity index (χ2v) is 4.70. The van der Waals surface area contributed by atoms with Crippen molar-refractivity contribution in [1.29, 1.82) is 0 Å². The lowest BCUT2D eigenvalue weighted by Crippen LogP contribution is -2.14. The molecule has 0 spiro atoms. The molecule has 1 fully saturated rings. The Bertz CT molecular complexity index is 725. The number of benzene rings is 1. The van der Waals surface area contributed by atoms with E-state index >= 15 is 0 Å².